The molecule has 3 rings (SSSR count). The van der Waals surface area contributed by atoms with Crippen LogP contribution in [0.25, 0.3) is 0 Å². The minimum absolute atomic E-state index is 0.0601. The highest BCUT2D eigenvalue weighted by Gasteiger charge is 2.24. The summed E-state index contributed by atoms with van der Waals surface area (Å²) in [5.41, 5.74) is 5.62. The van der Waals surface area contributed by atoms with Gasteiger partial charge in [0.2, 0.25) is 5.91 Å². The summed E-state index contributed by atoms with van der Waals surface area (Å²) < 4.78 is 0.778. The molecule has 1 aromatic heterocycles. The lowest BCUT2D eigenvalue weighted by Gasteiger charge is -2.17. The number of nitrogens with zero attached hydrogens (tertiary/aromatic N) is 2. The van der Waals surface area contributed by atoms with Gasteiger partial charge in [0, 0.05) is 5.69 Å². The maximum atomic E-state index is 12.9. The minimum atomic E-state index is -0.376. The summed E-state index contributed by atoms with van der Waals surface area (Å²) >= 11 is 2.85. The predicted octanol–water partition coefficient (Wildman–Crippen LogP) is 4.63. The quantitative estimate of drug-likeness (QED) is 0.678. The van der Waals surface area contributed by atoms with Crippen LogP contribution in [-0.4, -0.2) is 16.1 Å². The Morgan fingerprint density at radius 1 is 1.17 bits per heavy atom. The molecule has 1 heterocycles. The zero-order valence-electron chi connectivity index (χ0n) is 13.4. The van der Waals surface area contributed by atoms with Crippen molar-refractivity contribution in [2.75, 3.05) is 5.32 Å². The normalized spacial score (nSPS) is 11.9. The van der Waals surface area contributed by atoms with Gasteiger partial charge in [-0.15, -0.1) is 10.2 Å². The number of rotatable bonds is 5. The number of carbonyl (C=O) groups is 1. The van der Waals surface area contributed by atoms with Crippen LogP contribution in [0, 0.1) is 13.8 Å². The van der Waals surface area contributed by atoms with Gasteiger partial charge in [-0.05, 0) is 36.6 Å². The molecule has 0 fully saturated rings. The van der Waals surface area contributed by atoms with Gasteiger partial charge in [-0.2, -0.15) is 0 Å². The second kappa shape index (κ2) is 7.59. The van der Waals surface area contributed by atoms with E-state index < -0.39 is 0 Å². The summed E-state index contributed by atoms with van der Waals surface area (Å²) in [4.78, 5) is 12.9. The van der Waals surface area contributed by atoms with E-state index in [9.17, 15) is 4.79 Å². The van der Waals surface area contributed by atoms with Gasteiger partial charge in [-0.1, -0.05) is 65.6 Å². The largest absolute Gasteiger partial charge is 0.325 e. The number of nitrogens with one attached hydrogen (secondary N) is 1. The van der Waals surface area contributed by atoms with Crippen molar-refractivity contribution in [3.8, 4) is 0 Å². The third kappa shape index (κ3) is 4.01. The van der Waals surface area contributed by atoms with E-state index in [2.05, 4.69) is 15.5 Å². The smallest absolute Gasteiger partial charge is 0.242 e. The molecule has 0 radical (unpaired) electrons. The molecule has 0 spiro atoms. The lowest BCUT2D eigenvalue weighted by atomic mass is 10.1. The SMILES string of the molecule is Cc1ccc(C)c(NC(=O)[C@H](Sc2nncs2)c2ccccc2)c1. The Morgan fingerprint density at radius 2 is 1.96 bits per heavy atom. The van der Waals surface area contributed by atoms with E-state index in [0.717, 1.165) is 26.7 Å². The molecule has 0 bridgehead atoms. The van der Waals surface area contributed by atoms with Crippen LogP contribution in [-0.2, 0) is 4.79 Å². The summed E-state index contributed by atoms with van der Waals surface area (Å²) in [7, 11) is 0. The molecule has 3 aromatic rings. The minimum Gasteiger partial charge on any atom is -0.325 e. The van der Waals surface area contributed by atoms with E-state index in [1.807, 2.05) is 62.4 Å². The Bertz CT molecular complexity index is 820. The maximum Gasteiger partial charge on any atom is 0.242 e. The molecule has 0 aliphatic rings. The van der Waals surface area contributed by atoms with Crippen LogP contribution in [0.3, 0.4) is 0 Å². The summed E-state index contributed by atoms with van der Waals surface area (Å²) in [5.74, 6) is -0.0601. The van der Waals surface area contributed by atoms with Crippen LogP contribution < -0.4 is 5.32 Å². The summed E-state index contributed by atoms with van der Waals surface area (Å²) in [6, 6.07) is 15.8. The first-order valence-electron chi connectivity index (χ1n) is 7.49. The van der Waals surface area contributed by atoms with Crippen LogP contribution in [0.15, 0.2) is 58.4 Å². The van der Waals surface area contributed by atoms with Gasteiger partial charge < -0.3 is 5.32 Å². The average molecular weight is 355 g/mol. The first kappa shape index (κ1) is 16.7. The zero-order chi connectivity index (χ0) is 16.9. The lowest BCUT2D eigenvalue weighted by molar-refractivity contribution is -0.115. The number of benzene rings is 2. The number of amides is 1. The fourth-order valence-electron chi connectivity index (χ4n) is 2.28. The van der Waals surface area contributed by atoms with Crippen molar-refractivity contribution in [2.24, 2.45) is 0 Å². The Kier molecular flexibility index (Phi) is 5.27. The molecule has 122 valence electrons. The van der Waals surface area contributed by atoms with Gasteiger partial charge >= 0.3 is 0 Å². The molecule has 1 N–H and O–H groups in total. The Hall–Kier alpha value is -2.18. The van der Waals surface area contributed by atoms with Crippen LogP contribution in [0.5, 0.6) is 0 Å². The first-order chi connectivity index (χ1) is 11.6. The molecule has 1 amide bonds. The molecule has 1 atom stereocenters. The highest BCUT2D eigenvalue weighted by Crippen LogP contribution is 2.37. The van der Waals surface area contributed by atoms with Crippen LogP contribution in [0.1, 0.15) is 21.9 Å². The third-order valence-corrected chi connectivity index (χ3v) is 5.62. The molecule has 0 saturated heterocycles. The van der Waals surface area contributed by atoms with Crippen LogP contribution >= 0.6 is 23.1 Å². The number of hydrogen-bond acceptors (Lipinski definition) is 5. The Balaban J connectivity index is 1.87. The maximum absolute atomic E-state index is 12.9. The summed E-state index contributed by atoms with van der Waals surface area (Å²) in [5, 5.41) is 10.6. The van der Waals surface area contributed by atoms with E-state index in [4.69, 9.17) is 0 Å². The third-order valence-electron chi connectivity index (χ3n) is 3.55. The summed E-state index contributed by atoms with van der Waals surface area (Å²) in [6.07, 6.45) is 0. The van der Waals surface area contributed by atoms with Gasteiger partial charge in [0.15, 0.2) is 4.34 Å². The zero-order valence-corrected chi connectivity index (χ0v) is 15.0. The number of carbonyl (C=O) groups excluding carboxylic acids is 1. The van der Waals surface area contributed by atoms with E-state index in [0.29, 0.717) is 0 Å². The van der Waals surface area contributed by atoms with Crippen molar-refractivity contribution in [2.45, 2.75) is 23.4 Å². The molecular formula is C18H17N3OS2. The van der Waals surface area contributed by atoms with Gasteiger partial charge in [-0.3, -0.25) is 4.79 Å². The second-order valence-corrected chi connectivity index (χ2v) is 7.61. The first-order valence-corrected chi connectivity index (χ1v) is 9.25. The predicted molar refractivity (Wildman–Crippen MR) is 99.5 cm³/mol. The molecule has 0 aliphatic heterocycles. The monoisotopic (exact) mass is 355 g/mol. The van der Waals surface area contributed by atoms with Crippen molar-refractivity contribution in [1.29, 1.82) is 0 Å². The van der Waals surface area contributed by atoms with Crippen molar-refractivity contribution < 1.29 is 4.79 Å². The molecule has 0 saturated carbocycles. The highest BCUT2D eigenvalue weighted by atomic mass is 32.2. The summed E-state index contributed by atoms with van der Waals surface area (Å²) in [6.45, 7) is 4.00. The second-order valence-electron chi connectivity index (χ2n) is 5.42. The van der Waals surface area contributed by atoms with Crippen LogP contribution in [0.2, 0.25) is 0 Å². The topological polar surface area (TPSA) is 54.9 Å². The number of thioether (sulfide) groups is 1. The van der Waals surface area contributed by atoms with Gasteiger partial charge in [-0.25, -0.2) is 0 Å². The lowest BCUT2D eigenvalue weighted by Crippen LogP contribution is -2.19. The molecule has 24 heavy (non-hydrogen) atoms. The molecular weight excluding hydrogens is 338 g/mol. The van der Waals surface area contributed by atoms with E-state index in [-0.39, 0.29) is 11.2 Å². The van der Waals surface area contributed by atoms with E-state index >= 15 is 0 Å². The Morgan fingerprint density at radius 3 is 2.67 bits per heavy atom. The van der Waals surface area contributed by atoms with Crippen LogP contribution in [0.4, 0.5) is 5.69 Å². The van der Waals surface area contributed by atoms with Gasteiger partial charge in [0.05, 0.1) is 0 Å². The molecule has 2 aromatic carbocycles. The molecule has 0 aliphatic carbocycles. The average Bonchev–Trinajstić information content (AvgIpc) is 3.10. The van der Waals surface area contributed by atoms with Gasteiger partial charge in [0.1, 0.15) is 10.8 Å². The standard InChI is InChI=1S/C18H17N3OS2/c1-12-8-9-13(2)15(10-12)20-17(22)16(14-6-4-3-5-7-14)24-18-21-19-11-23-18/h3-11,16H,1-2H3,(H,20,22)/t16-/m1/s1. The Labute approximate surface area is 149 Å². The number of hydrogen-bond donors (Lipinski definition) is 1. The van der Waals surface area contributed by atoms with Crippen molar-refractivity contribution in [3.63, 3.8) is 0 Å². The van der Waals surface area contributed by atoms with E-state index in [1.165, 1.54) is 23.1 Å². The van der Waals surface area contributed by atoms with Crippen molar-refractivity contribution >= 4 is 34.7 Å². The molecule has 4 nitrogen and oxygen atoms in total. The number of aryl methyl sites for hydroxylation is 2. The van der Waals surface area contributed by atoms with Crippen molar-refractivity contribution in [1.82, 2.24) is 10.2 Å². The number of anilines is 1. The fourth-order valence-corrected chi connectivity index (χ4v) is 3.96. The number of aromatic nitrogens is 2. The molecule has 6 heteroatoms. The fraction of sp³-hybridized carbons (Fsp3) is 0.167. The van der Waals surface area contributed by atoms with Gasteiger partial charge in [0.25, 0.3) is 0 Å². The molecule has 0 unspecified atom stereocenters. The van der Waals surface area contributed by atoms with E-state index in [1.54, 1.807) is 5.51 Å². The highest BCUT2D eigenvalue weighted by molar-refractivity contribution is 8.01. The van der Waals surface area contributed by atoms with Crippen molar-refractivity contribution in [3.05, 3.63) is 70.7 Å².